The third-order valence-electron chi connectivity index (χ3n) is 5.03. The molecular weight excluding hydrogens is 344 g/mol. The third kappa shape index (κ3) is 4.18. The molecule has 1 saturated heterocycles. The topological polar surface area (TPSA) is 68.6 Å². The summed E-state index contributed by atoms with van der Waals surface area (Å²) in [6, 6.07) is 7.95. The number of nitrogens with zero attached hydrogens (tertiary/aromatic N) is 3. The fraction of sp³-hybridized carbons (Fsp3) is 0.500. The van der Waals surface area contributed by atoms with Crippen molar-refractivity contribution < 1.29 is 14.3 Å². The van der Waals surface area contributed by atoms with Crippen molar-refractivity contribution in [2.24, 2.45) is 0 Å². The van der Waals surface area contributed by atoms with E-state index in [1.165, 1.54) is 0 Å². The number of hydrogen-bond acceptors (Lipinski definition) is 4. The van der Waals surface area contributed by atoms with E-state index >= 15 is 0 Å². The second-order valence-corrected chi connectivity index (χ2v) is 6.85. The predicted molar refractivity (Wildman–Crippen MR) is 105 cm³/mol. The van der Waals surface area contributed by atoms with Crippen molar-refractivity contribution in [1.29, 1.82) is 0 Å². The van der Waals surface area contributed by atoms with Crippen LogP contribution in [-0.4, -0.2) is 47.5 Å². The van der Waals surface area contributed by atoms with E-state index in [9.17, 15) is 4.79 Å². The fourth-order valence-corrected chi connectivity index (χ4v) is 3.63. The standard InChI is InChI=1S/C20H28N4O3/c1-5-16-7-6-10-23(16)20(25)21-19-11-14(2)22-24(19)13-15-8-9-17(26-3)18(12-15)27-4/h8-9,11-12,16H,5-7,10,13H2,1-4H3,(H,21,25). The van der Waals surface area contributed by atoms with Gasteiger partial charge in [0.25, 0.3) is 0 Å². The Morgan fingerprint density at radius 1 is 1.26 bits per heavy atom. The first kappa shape index (κ1) is 19.1. The number of benzene rings is 1. The Balaban J connectivity index is 1.77. The molecule has 1 fully saturated rings. The zero-order valence-corrected chi connectivity index (χ0v) is 16.5. The monoisotopic (exact) mass is 372 g/mol. The summed E-state index contributed by atoms with van der Waals surface area (Å²) in [6.45, 7) is 5.39. The Morgan fingerprint density at radius 2 is 2.04 bits per heavy atom. The van der Waals surface area contributed by atoms with Gasteiger partial charge in [0, 0.05) is 18.7 Å². The lowest BCUT2D eigenvalue weighted by molar-refractivity contribution is 0.205. The van der Waals surface area contributed by atoms with Crippen LogP contribution in [0.1, 0.15) is 37.4 Å². The number of carbonyl (C=O) groups is 1. The SMILES string of the molecule is CCC1CCCN1C(=O)Nc1cc(C)nn1Cc1ccc(OC)c(OC)c1. The van der Waals surface area contributed by atoms with Gasteiger partial charge in [0.1, 0.15) is 5.82 Å². The Hall–Kier alpha value is -2.70. The Kier molecular flexibility index (Phi) is 5.88. The van der Waals surface area contributed by atoms with Gasteiger partial charge < -0.3 is 14.4 Å². The van der Waals surface area contributed by atoms with Crippen LogP contribution in [0.5, 0.6) is 11.5 Å². The van der Waals surface area contributed by atoms with Crippen molar-refractivity contribution in [2.75, 3.05) is 26.1 Å². The smallest absolute Gasteiger partial charge is 0.323 e. The second-order valence-electron chi connectivity index (χ2n) is 6.85. The molecule has 3 rings (SSSR count). The Labute approximate surface area is 160 Å². The van der Waals surface area contributed by atoms with Gasteiger partial charge in [-0.15, -0.1) is 0 Å². The lowest BCUT2D eigenvalue weighted by Crippen LogP contribution is -2.38. The second kappa shape index (κ2) is 8.33. The third-order valence-corrected chi connectivity index (χ3v) is 5.03. The summed E-state index contributed by atoms with van der Waals surface area (Å²) in [4.78, 5) is 14.7. The van der Waals surface area contributed by atoms with Gasteiger partial charge in [0.15, 0.2) is 11.5 Å². The van der Waals surface area contributed by atoms with Crippen molar-refractivity contribution >= 4 is 11.8 Å². The van der Waals surface area contributed by atoms with E-state index in [2.05, 4.69) is 17.3 Å². The minimum Gasteiger partial charge on any atom is -0.493 e. The first-order valence-electron chi connectivity index (χ1n) is 9.38. The lowest BCUT2D eigenvalue weighted by Gasteiger charge is -2.24. The molecule has 146 valence electrons. The number of aromatic nitrogens is 2. The normalized spacial score (nSPS) is 16.4. The predicted octanol–water partition coefficient (Wildman–Crippen LogP) is 3.66. The molecular formula is C20H28N4O3. The van der Waals surface area contributed by atoms with Gasteiger partial charge in [-0.1, -0.05) is 13.0 Å². The molecule has 1 aromatic heterocycles. The van der Waals surface area contributed by atoms with E-state index in [0.29, 0.717) is 29.9 Å². The van der Waals surface area contributed by atoms with Crippen LogP contribution >= 0.6 is 0 Å². The zero-order valence-electron chi connectivity index (χ0n) is 16.5. The summed E-state index contributed by atoms with van der Waals surface area (Å²) in [5.41, 5.74) is 1.87. The summed E-state index contributed by atoms with van der Waals surface area (Å²) < 4.78 is 12.5. The largest absolute Gasteiger partial charge is 0.493 e. The van der Waals surface area contributed by atoms with E-state index in [1.54, 1.807) is 14.2 Å². The van der Waals surface area contributed by atoms with E-state index in [1.807, 2.05) is 40.8 Å². The van der Waals surface area contributed by atoms with Crippen LogP contribution in [-0.2, 0) is 6.54 Å². The van der Waals surface area contributed by atoms with Crippen LogP contribution in [0.2, 0.25) is 0 Å². The average Bonchev–Trinajstić information content (AvgIpc) is 3.28. The van der Waals surface area contributed by atoms with Crippen molar-refractivity contribution in [3.63, 3.8) is 0 Å². The molecule has 27 heavy (non-hydrogen) atoms. The van der Waals surface area contributed by atoms with E-state index in [-0.39, 0.29) is 6.03 Å². The average molecular weight is 372 g/mol. The number of carbonyl (C=O) groups excluding carboxylic acids is 1. The number of aryl methyl sites for hydroxylation is 1. The number of rotatable bonds is 6. The minimum atomic E-state index is -0.0483. The van der Waals surface area contributed by atoms with Gasteiger partial charge in [-0.25, -0.2) is 9.48 Å². The van der Waals surface area contributed by atoms with E-state index in [0.717, 1.165) is 37.1 Å². The van der Waals surface area contributed by atoms with Gasteiger partial charge in [0.2, 0.25) is 0 Å². The highest BCUT2D eigenvalue weighted by atomic mass is 16.5. The molecule has 0 radical (unpaired) electrons. The van der Waals surface area contributed by atoms with E-state index in [4.69, 9.17) is 9.47 Å². The zero-order chi connectivity index (χ0) is 19.4. The molecule has 7 nitrogen and oxygen atoms in total. The molecule has 2 heterocycles. The number of likely N-dealkylation sites (tertiary alicyclic amines) is 1. The van der Waals surface area contributed by atoms with Gasteiger partial charge in [0.05, 0.1) is 26.5 Å². The highest BCUT2D eigenvalue weighted by Crippen LogP contribution is 2.28. The molecule has 0 saturated carbocycles. The van der Waals surface area contributed by atoms with Gasteiger partial charge in [-0.3, -0.25) is 5.32 Å². The van der Waals surface area contributed by atoms with Gasteiger partial charge in [-0.2, -0.15) is 5.10 Å². The molecule has 1 aliphatic heterocycles. The molecule has 0 bridgehead atoms. The highest BCUT2D eigenvalue weighted by Gasteiger charge is 2.27. The molecule has 2 aromatic rings. The summed E-state index contributed by atoms with van der Waals surface area (Å²) >= 11 is 0. The summed E-state index contributed by atoms with van der Waals surface area (Å²) in [7, 11) is 3.23. The van der Waals surface area contributed by atoms with Crippen LogP contribution in [0.15, 0.2) is 24.3 Å². The molecule has 1 unspecified atom stereocenters. The van der Waals surface area contributed by atoms with Crippen LogP contribution < -0.4 is 14.8 Å². The molecule has 1 atom stereocenters. The quantitative estimate of drug-likeness (QED) is 0.840. The molecule has 2 amide bonds. The fourth-order valence-electron chi connectivity index (χ4n) is 3.63. The molecule has 0 spiro atoms. The van der Waals surface area contributed by atoms with Crippen molar-refractivity contribution in [2.45, 2.75) is 45.7 Å². The Morgan fingerprint density at radius 3 is 2.74 bits per heavy atom. The van der Waals surface area contributed by atoms with Gasteiger partial charge in [-0.05, 0) is 43.9 Å². The maximum atomic E-state index is 12.7. The molecule has 1 aromatic carbocycles. The first-order chi connectivity index (χ1) is 13.0. The summed E-state index contributed by atoms with van der Waals surface area (Å²) in [5.74, 6) is 2.06. The maximum absolute atomic E-state index is 12.7. The number of amides is 2. The molecule has 0 aliphatic carbocycles. The molecule has 7 heteroatoms. The van der Waals surface area contributed by atoms with Crippen LogP contribution in [0.25, 0.3) is 0 Å². The van der Waals surface area contributed by atoms with E-state index < -0.39 is 0 Å². The number of anilines is 1. The van der Waals surface area contributed by atoms with Crippen LogP contribution in [0.4, 0.5) is 10.6 Å². The number of ether oxygens (including phenoxy) is 2. The number of methoxy groups -OCH3 is 2. The van der Waals surface area contributed by atoms with Gasteiger partial charge >= 0.3 is 6.03 Å². The number of urea groups is 1. The highest BCUT2D eigenvalue weighted by molar-refractivity contribution is 5.89. The maximum Gasteiger partial charge on any atom is 0.323 e. The summed E-state index contributed by atoms with van der Waals surface area (Å²) in [6.07, 6.45) is 3.13. The van der Waals surface area contributed by atoms with Crippen molar-refractivity contribution in [3.05, 3.63) is 35.5 Å². The number of hydrogen-bond donors (Lipinski definition) is 1. The lowest BCUT2D eigenvalue weighted by atomic mass is 10.2. The number of nitrogens with one attached hydrogen (secondary N) is 1. The Bertz CT molecular complexity index is 803. The molecule has 1 aliphatic rings. The minimum absolute atomic E-state index is 0.0483. The van der Waals surface area contributed by atoms with Crippen LogP contribution in [0.3, 0.4) is 0 Å². The van der Waals surface area contributed by atoms with Crippen molar-refractivity contribution in [1.82, 2.24) is 14.7 Å². The summed E-state index contributed by atoms with van der Waals surface area (Å²) in [5, 5.41) is 7.57. The van der Waals surface area contributed by atoms with Crippen LogP contribution in [0, 0.1) is 6.92 Å². The van der Waals surface area contributed by atoms with Crippen molar-refractivity contribution in [3.8, 4) is 11.5 Å². The first-order valence-corrected chi connectivity index (χ1v) is 9.38. The molecule has 1 N–H and O–H groups in total.